The Bertz CT molecular complexity index is 400. The number of thiocarbonyl (C=S) groups is 1. The zero-order chi connectivity index (χ0) is 12.1. The fourth-order valence-electron chi connectivity index (χ4n) is 1.27. The van der Waals surface area contributed by atoms with Gasteiger partial charge in [-0.15, -0.1) is 0 Å². The van der Waals surface area contributed by atoms with E-state index in [1.54, 1.807) is 18.2 Å². The maximum absolute atomic E-state index is 11.7. The molecule has 0 atom stereocenters. The van der Waals surface area contributed by atoms with Crippen molar-refractivity contribution in [2.45, 2.75) is 13.3 Å². The molecule has 0 saturated carbocycles. The fraction of sp³-hybridized carbons (Fsp3) is 0.273. The van der Waals surface area contributed by atoms with Crippen LogP contribution in [0.4, 0.5) is 0 Å². The predicted octanol–water partition coefficient (Wildman–Crippen LogP) is 2.05. The normalized spacial score (nSPS) is 9.88. The second-order valence-corrected chi connectivity index (χ2v) is 4.45. The number of carbonyl (C=O) groups excluding carboxylic acids is 1. The molecule has 0 aromatic heterocycles. The van der Waals surface area contributed by atoms with Gasteiger partial charge < -0.3 is 11.1 Å². The molecule has 0 aliphatic heterocycles. The van der Waals surface area contributed by atoms with E-state index in [1.165, 1.54) is 0 Å². The van der Waals surface area contributed by atoms with Crippen LogP contribution in [-0.4, -0.2) is 17.4 Å². The summed E-state index contributed by atoms with van der Waals surface area (Å²) >= 11 is 10.6. The first kappa shape index (κ1) is 12.9. The van der Waals surface area contributed by atoms with E-state index in [-0.39, 0.29) is 5.91 Å². The zero-order valence-corrected chi connectivity index (χ0v) is 10.5. The maximum Gasteiger partial charge on any atom is 0.251 e. The molecule has 0 heterocycles. The van der Waals surface area contributed by atoms with E-state index in [2.05, 4.69) is 5.32 Å². The molecule has 3 nitrogen and oxygen atoms in total. The SMILES string of the molecule is Cc1cc(Cl)cc(C(=O)NCCC(N)=S)c1. The Kier molecular flexibility index (Phi) is 4.71. The molecule has 0 radical (unpaired) electrons. The van der Waals surface area contributed by atoms with Crippen LogP contribution in [0.25, 0.3) is 0 Å². The second-order valence-electron chi connectivity index (χ2n) is 3.49. The van der Waals surface area contributed by atoms with Crippen LogP contribution in [0.2, 0.25) is 5.02 Å². The molecule has 0 aliphatic rings. The lowest BCUT2D eigenvalue weighted by Crippen LogP contribution is -2.27. The summed E-state index contributed by atoms with van der Waals surface area (Å²) in [4.78, 5) is 12.1. The number of carbonyl (C=O) groups is 1. The van der Waals surface area contributed by atoms with Gasteiger partial charge in [0.25, 0.3) is 5.91 Å². The van der Waals surface area contributed by atoms with Gasteiger partial charge in [-0.3, -0.25) is 4.79 Å². The van der Waals surface area contributed by atoms with Gasteiger partial charge in [-0.1, -0.05) is 23.8 Å². The molecule has 16 heavy (non-hydrogen) atoms. The summed E-state index contributed by atoms with van der Waals surface area (Å²) in [6, 6.07) is 5.21. The van der Waals surface area contributed by atoms with Crippen LogP contribution in [0.15, 0.2) is 18.2 Å². The van der Waals surface area contributed by atoms with Crippen LogP contribution in [0.5, 0.6) is 0 Å². The van der Waals surface area contributed by atoms with Crippen molar-refractivity contribution in [2.75, 3.05) is 6.54 Å². The van der Waals surface area contributed by atoms with E-state index in [1.807, 2.05) is 6.92 Å². The van der Waals surface area contributed by atoms with Crippen molar-refractivity contribution in [1.82, 2.24) is 5.32 Å². The van der Waals surface area contributed by atoms with Gasteiger partial charge in [-0.2, -0.15) is 0 Å². The first-order valence-electron chi connectivity index (χ1n) is 4.83. The molecule has 0 aliphatic carbocycles. The largest absolute Gasteiger partial charge is 0.393 e. The van der Waals surface area contributed by atoms with Gasteiger partial charge in [0.2, 0.25) is 0 Å². The van der Waals surface area contributed by atoms with E-state index in [0.717, 1.165) is 5.56 Å². The lowest BCUT2D eigenvalue weighted by molar-refractivity contribution is 0.0954. The van der Waals surface area contributed by atoms with Gasteiger partial charge in [0, 0.05) is 23.6 Å². The van der Waals surface area contributed by atoms with Crippen molar-refractivity contribution in [1.29, 1.82) is 0 Å². The maximum atomic E-state index is 11.7. The molecule has 0 bridgehead atoms. The summed E-state index contributed by atoms with van der Waals surface area (Å²) in [6.45, 7) is 2.33. The molecule has 1 aromatic rings. The number of halogens is 1. The average molecular weight is 257 g/mol. The number of aryl methyl sites for hydroxylation is 1. The lowest BCUT2D eigenvalue weighted by atomic mass is 10.1. The van der Waals surface area contributed by atoms with Crippen molar-refractivity contribution in [2.24, 2.45) is 5.73 Å². The van der Waals surface area contributed by atoms with Gasteiger partial charge >= 0.3 is 0 Å². The van der Waals surface area contributed by atoms with Crippen LogP contribution in [0.1, 0.15) is 22.3 Å². The van der Waals surface area contributed by atoms with Crippen LogP contribution >= 0.6 is 23.8 Å². The van der Waals surface area contributed by atoms with E-state index < -0.39 is 0 Å². The molecule has 1 rings (SSSR count). The first-order chi connectivity index (χ1) is 7.49. The number of rotatable bonds is 4. The van der Waals surface area contributed by atoms with Crippen molar-refractivity contribution >= 4 is 34.7 Å². The summed E-state index contributed by atoms with van der Waals surface area (Å²) < 4.78 is 0. The highest BCUT2D eigenvalue weighted by atomic mass is 35.5. The van der Waals surface area contributed by atoms with E-state index in [4.69, 9.17) is 29.6 Å². The number of benzene rings is 1. The van der Waals surface area contributed by atoms with Gasteiger partial charge in [-0.05, 0) is 30.7 Å². The van der Waals surface area contributed by atoms with Crippen molar-refractivity contribution in [3.63, 3.8) is 0 Å². The summed E-state index contributed by atoms with van der Waals surface area (Å²) in [5.41, 5.74) is 6.82. The monoisotopic (exact) mass is 256 g/mol. The lowest BCUT2D eigenvalue weighted by Gasteiger charge is -2.05. The van der Waals surface area contributed by atoms with Crippen LogP contribution in [-0.2, 0) is 0 Å². The predicted molar refractivity (Wildman–Crippen MR) is 69.9 cm³/mol. The van der Waals surface area contributed by atoms with Crippen LogP contribution in [0, 0.1) is 6.92 Å². The molecule has 3 N–H and O–H groups in total. The van der Waals surface area contributed by atoms with Gasteiger partial charge in [0.15, 0.2) is 0 Å². The van der Waals surface area contributed by atoms with Crippen LogP contribution in [0.3, 0.4) is 0 Å². The Morgan fingerprint density at radius 3 is 2.75 bits per heavy atom. The number of hydrogen-bond donors (Lipinski definition) is 2. The topological polar surface area (TPSA) is 55.1 Å². The molecule has 1 aromatic carbocycles. The molecular weight excluding hydrogens is 244 g/mol. The summed E-state index contributed by atoms with van der Waals surface area (Å²) in [7, 11) is 0. The smallest absolute Gasteiger partial charge is 0.251 e. The minimum atomic E-state index is -0.165. The Balaban J connectivity index is 2.62. The van der Waals surface area contributed by atoms with E-state index in [9.17, 15) is 4.79 Å². The fourth-order valence-corrected chi connectivity index (χ4v) is 1.66. The third-order valence-corrected chi connectivity index (χ3v) is 2.38. The highest BCUT2D eigenvalue weighted by Gasteiger charge is 2.06. The number of nitrogens with two attached hydrogens (primary N) is 1. The van der Waals surface area contributed by atoms with Gasteiger partial charge in [0.1, 0.15) is 0 Å². The minimum Gasteiger partial charge on any atom is -0.393 e. The van der Waals surface area contributed by atoms with Crippen molar-refractivity contribution in [3.8, 4) is 0 Å². The standard InChI is InChI=1S/C11H13ClN2OS/c1-7-4-8(6-9(12)5-7)11(15)14-3-2-10(13)16/h4-6H,2-3H2,1H3,(H2,13,16)(H,14,15). The molecule has 0 fully saturated rings. The number of amides is 1. The zero-order valence-electron chi connectivity index (χ0n) is 8.92. The van der Waals surface area contributed by atoms with Crippen molar-refractivity contribution < 1.29 is 4.79 Å². The highest BCUT2D eigenvalue weighted by Crippen LogP contribution is 2.14. The van der Waals surface area contributed by atoms with Gasteiger partial charge in [0.05, 0.1) is 4.99 Å². The Labute approximate surface area is 105 Å². The summed E-state index contributed by atoms with van der Waals surface area (Å²) in [5, 5.41) is 3.27. The summed E-state index contributed by atoms with van der Waals surface area (Å²) in [6.07, 6.45) is 0.501. The molecular formula is C11H13ClN2OS. The quantitative estimate of drug-likeness (QED) is 0.811. The van der Waals surface area contributed by atoms with Gasteiger partial charge in [-0.25, -0.2) is 0 Å². The van der Waals surface area contributed by atoms with Crippen LogP contribution < -0.4 is 11.1 Å². The third-order valence-electron chi connectivity index (χ3n) is 1.96. The Morgan fingerprint density at radius 1 is 1.50 bits per heavy atom. The van der Waals surface area contributed by atoms with Crippen molar-refractivity contribution in [3.05, 3.63) is 34.3 Å². The Hall–Kier alpha value is -1.13. The third kappa shape index (κ3) is 4.16. The molecule has 0 unspecified atom stereocenters. The molecule has 0 saturated heterocycles. The molecule has 86 valence electrons. The number of hydrogen-bond acceptors (Lipinski definition) is 2. The average Bonchev–Trinajstić information content (AvgIpc) is 2.15. The highest BCUT2D eigenvalue weighted by molar-refractivity contribution is 7.80. The second kappa shape index (κ2) is 5.82. The Morgan fingerprint density at radius 2 is 2.19 bits per heavy atom. The number of nitrogens with one attached hydrogen (secondary N) is 1. The molecule has 1 amide bonds. The van der Waals surface area contributed by atoms with E-state index >= 15 is 0 Å². The molecule has 5 heteroatoms. The first-order valence-corrected chi connectivity index (χ1v) is 5.61. The summed E-state index contributed by atoms with van der Waals surface area (Å²) in [5.74, 6) is -0.165. The molecule has 0 spiro atoms. The van der Waals surface area contributed by atoms with E-state index in [0.29, 0.717) is 28.5 Å². The minimum absolute atomic E-state index is 0.165.